The quantitative estimate of drug-likeness (QED) is 0.919. The molecule has 0 saturated heterocycles. The number of hydrogen-bond acceptors (Lipinski definition) is 6. The van der Waals surface area contributed by atoms with Gasteiger partial charge in [-0.3, -0.25) is 0 Å². The Morgan fingerprint density at radius 3 is 2.60 bits per heavy atom. The Labute approximate surface area is 123 Å². The third-order valence-corrected chi connectivity index (χ3v) is 5.83. The third kappa shape index (κ3) is 2.93. The molecular formula is C13H19N3O2S2. The predicted octanol–water partition coefficient (Wildman–Crippen LogP) is 2.79. The van der Waals surface area contributed by atoms with E-state index in [1.807, 2.05) is 6.92 Å². The highest BCUT2D eigenvalue weighted by Crippen LogP contribution is 2.31. The molecule has 0 saturated carbocycles. The molecule has 2 heterocycles. The number of anilines is 1. The number of fused-ring (bicyclic) bond motifs is 1. The molecule has 0 aliphatic heterocycles. The molecule has 2 aromatic rings. The Bertz CT molecular complexity index is 723. The van der Waals surface area contributed by atoms with Crippen molar-refractivity contribution in [2.75, 3.05) is 18.1 Å². The van der Waals surface area contributed by atoms with Crippen LogP contribution in [0, 0.1) is 0 Å². The van der Waals surface area contributed by atoms with Crippen LogP contribution in [-0.2, 0) is 16.3 Å². The lowest BCUT2D eigenvalue weighted by molar-refractivity contribution is 0.589. The third-order valence-electron chi connectivity index (χ3n) is 3.16. The number of thiophene rings is 1. The average Bonchev–Trinajstić information content (AvgIpc) is 2.80. The van der Waals surface area contributed by atoms with Gasteiger partial charge in [-0.15, -0.1) is 11.3 Å². The minimum Gasteiger partial charge on any atom is -0.370 e. The van der Waals surface area contributed by atoms with Crippen LogP contribution >= 0.6 is 11.3 Å². The number of rotatable bonds is 5. The standard InChI is InChI=1S/C13H19N3O2S2/c1-5-9-7-10-12(14-6-2)15-11(16-13(10)19-9)8(3)20(4,17)18/h7-8H,5-6H2,1-4H3,(H,14,15,16). The van der Waals surface area contributed by atoms with Gasteiger partial charge < -0.3 is 5.32 Å². The molecule has 20 heavy (non-hydrogen) atoms. The summed E-state index contributed by atoms with van der Waals surface area (Å²) < 4.78 is 23.4. The summed E-state index contributed by atoms with van der Waals surface area (Å²) in [7, 11) is -3.20. The van der Waals surface area contributed by atoms with Gasteiger partial charge >= 0.3 is 0 Å². The van der Waals surface area contributed by atoms with Crippen molar-refractivity contribution in [3.8, 4) is 0 Å². The van der Waals surface area contributed by atoms with Crippen LogP contribution in [-0.4, -0.2) is 31.2 Å². The largest absolute Gasteiger partial charge is 0.370 e. The molecule has 5 nitrogen and oxygen atoms in total. The molecule has 0 amide bonds. The lowest BCUT2D eigenvalue weighted by Gasteiger charge is -2.11. The van der Waals surface area contributed by atoms with Gasteiger partial charge in [-0.1, -0.05) is 6.92 Å². The minimum absolute atomic E-state index is 0.362. The fourth-order valence-corrected chi connectivity index (χ4v) is 3.30. The molecule has 0 spiro atoms. The molecule has 110 valence electrons. The van der Waals surface area contributed by atoms with E-state index in [2.05, 4.69) is 28.3 Å². The molecule has 7 heteroatoms. The highest BCUT2D eigenvalue weighted by atomic mass is 32.2. The maximum Gasteiger partial charge on any atom is 0.157 e. The maximum absolute atomic E-state index is 11.7. The van der Waals surface area contributed by atoms with E-state index >= 15 is 0 Å². The molecule has 0 bridgehead atoms. The summed E-state index contributed by atoms with van der Waals surface area (Å²) in [5, 5.41) is 3.47. The molecule has 0 aliphatic rings. The second kappa shape index (κ2) is 5.65. The van der Waals surface area contributed by atoms with Gasteiger partial charge in [0.2, 0.25) is 0 Å². The monoisotopic (exact) mass is 313 g/mol. The zero-order valence-corrected chi connectivity index (χ0v) is 13.7. The van der Waals surface area contributed by atoms with E-state index < -0.39 is 15.1 Å². The molecule has 0 aromatic carbocycles. The van der Waals surface area contributed by atoms with Crippen molar-refractivity contribution in [2.24, 2.45) is 0 Å². The fourth-order valence-electron chi connectivity index (χ4n) is 1.84. The zero-order valence-electron chi connectivity index (χ0n) is 12.1. The number of nitrogens with one attached hydrogen (secondary N) is 1. The molecule has 1 unspecified atom stereocenters. The summed E-state index contributed by atoms with van der Waals surface area (Å²) in [5.41, 5.74) is 0. The van der Waals surface area contributed by atoms with Crippen LogP contribution in [0.15, 0.2) is 6.07 Å². The molecule has 1 atom stereocenters. The first-order valence-corrected chi connectivity index (χ1v) is 9.37. The van der Waals surface area contributed by atoms with Crippen molar-refractivity contribution >= 4 is 37.2 Å². The van der Waals surface area contributed by atoms with Gasteiger partial charge in [-0.25, -0.2) is 18.4 Å². The predicted molar refractivity (Wildman–Crippen MR) is 84.2 cm³/mol. The highest BCUT2D eigenvalue weighted by Gasteiger charge is 2.22. The lowest BCUT2D eigenvalue weighted by atomic mass is 10.3. The Balaban J connectivity index is 2.63. The molecule has 0 fully saturated rings. The smallest absolute Gasteiger partial charge is 0.157 e. The van der Waals surface area contributed by atoms with E-state index in [1.165, 1.54) is 11.1 Å². The van der Waals surface area contributed by atoms with Gasteiger partial charge in [0.05, 0.1) is 5.39 Å². The topological polar surface area (TPSA) is 72.0 Å². The van der Waals surface area contributed by atoms with Gasteiger partial charge in [-0.2, -0.15) is 0 Å². The Morgan fingerprint density at radius 2 is 2.05 bits per heavy atom. The molecule has 1 N–H and O–H groups in total. The van der Waals surface area contributed by atoms with E-state index in [0.717, 1.165) is 29.0 Å². The zero-order chi connectivity index (χ0) is 14.9. The highest BCUT2D eigenvalue weighted by molar-refractivity contribution is 7.90. The normalized spacial score (nSPS) is 13.6. The van der Waals surface area contributed by atoms with Crippen molar-refractivity contribution in [1.82, 2.24) is 9.97 Å². The van der Waals surface area contributed by atoms with Gasteiger partial charge in [-0.05, 0) is 26.3 Å². The van der Waals surface area contributed by atoms with Crippen molar-refractivity contribution in [1.29, 1.82) is 0 Å². The summed E-state index contributed by atoms with van der Waals surface area (Å²) in [6, 6.07) is 2.08. The minimum atomic E-state index is -3.20. The number of sulfone groups is 1. The van der Waals surface area contributed by atoms with Crippen LogP contribution in [0.1, 0.15) is 36.7 Å². The summed E-state index contributed by atoms with van der Waals surface area (Å²) in [4.78, 5) is 10.9. The van der Waals surface area contributed by atoms with Crippen LogP contribution in [0.3, 0.4) is 0 Å². The number of aryl methyl sites for hydroxylation is 1. The summed E-state index contributed by atoms with van der Waals surface area (Å²) in [5.74, 6) is 1.08. The first-order valence-electron chi connectivity index (χ1n) is 6.59. The lowest BCUT2D eigenvalue weighted by Crippen LogP contribution is -2.13. The van der Waals surface area contributed by atoms with Gasteiger partial charge in [0.1, 0.15) is 21.7 Å². The van der Waals surface area contributed by atoms with Crippen LogP contribution in [0.25, 0.3) is 10.2 Å². The van der Waals surface area contributed by atoms with E-state index in [-0.39, 0.29) is 0 Å². The second-order valence-electron chi connectivity index (χ2n) is 4.72. The van der Waals surface area contributed by atoms with Crippen molar-refractivity contribution in [3.05, 3.63) is 16.8 Å². The van der Waals surface area contributed by atoms with Crippen molar-refractivity contribution in [3.63, 3.8) is 0 Å². The Kier molecular flexibility index (Phi) is 4.29. The van der Waals surface area contributed by atoms with E-state index in [4.69, 9.17) is 0 Å². The SMILES string of the molecule is CCNc1nc(C(C)S(C)(=O)=O)nc2sc(CC)cc12. The van der Waals surface area contributed by atoms with E-state index in [1.54, 1.807) is 18.3 Å². The summed E-state index contributed by atoms with van der Waals surface area (Å²) in [6.45, 7) is 6.43. The maximum atomic E-state index is 11.7. The Morgan fingerprint density at radius 1 is 1.35 bits per heavy atom. The van der Waals surface area contributed by atoms with E-state index in [0.29, 0.717) is 5.82 Å². The second-order valence-corrected chi connectivity index (χ2v) is 8.20. The molecule has 2 rings (SSSR count). The number of hydrogen-bond donors (Lipinski definition) is 1. The van der Waals surface area contributed by atoms with Crippen molar-refractivity contribution < 1.29 is 8.42 Å². The van der Waals surface area contributed by atoms with Crippen LogP contribution in [0.2, 0.25) is 0 Å². The Hall–Kier alpha value is -1.21. The summed E-state index contributed by atoms with van der Waals surface area (Å²) in [6.07, 6.45) is 2.15. The first kappa shape index (κ1) is 15.2. The summed E-state index contributed by atoms with van der Waals surface area (Å²) >= 11 is 1.59. The number of aromatic nitrogens is 2. The van der Waals surface area contributed by atoms with Crippen LogP contribution in [0.5, 0.6) is 0 Å². The van der Waals surface area contributed by atoms with Gasteiger partial charge in [0.25, 0.3) is 0 Å². The molecule has 2 aromatic heterocycles. The first-order chi connectivity index (χ1) is 9.36. The molecule has 0 aliphatic carbocycles. The van der Waals surface area contributed by atoms with Crippen LogP contribution in [0.4, 0.5) is 5.82 Å². The van der Waals surface area contributed by atoms with Gasteiger partial charge in [0.15, 0.2) is 9.84 Å². The van der Waals surface area contributed by atoms with Gasteiger partial charge in [0, 0.05) is 17.7 Å². The number of nitrogens with zero attached hydrogens (tertiary/aromatic N) is 2. The van der Waals surface area contributed by atoms with Crippen LogP contribution < -0.4 is 5.32 Å². The van der Waals surface area contributed by atoms with E-state index in [9.17, 15) is 8.42 Å². The molecular weight excluding hydrogens is 294 g/mol. The average molecular weight is 313 g/mol. The molecule has 0 radical (unpaired) electrons. The fraction of sp³-hybridized carbons (Fsp3) is 0.538. The van der Waals surface area contributed by atoms with Crippen molar-refractivity contribution in [2.45, 2.75) is 32.4 Å².